The van der Waals surface area contributed by atoms with E-state index in [-0.39, 0.29) is 27.9 Å². The molecular formula is C22H22ClFN2O3. The lowest BCUT2D eigenvalue weighted by Gasteiger charge is -2.32. The third kappa shape index (κ3) is 3.88. The zero-order chi connectivity index (χ0) is 20.5. The largest absolute Gasteiger partial charge is 0.872 e. The zero-order valence-electron chi connectivity index (χ0n) is 16.1. The third-order valence-corrected chi connectivity index (χ3v) is 5.94. The highest BCUT2D eigenvalue weighted by Crippen LogP contribution is 2.38. The number of rotatable bonds is 4. The van der Waals surface area contributed by atoms with Crippen LogP contribution < -0.4 is 14.7 Å². The van der Waals surface area contributed by atoms with Gasteiger partial charge in [0.05, 0.1) is 23.7 Å². The normalized spacial score (nSPS) is 18.9. The van der Waals surface area contributed by atoms with Gasteiger partial charge in [0, 0.05) is 24.2 Å². The van der Waals surface area contributed by atoms with Crippen LogP contribution in [0.1, 0.15) is 28.4 Å². The Balaban J connectivity index is 1.62. The van der Waals surface area contributed by atoms with E-state index in [9.17, 15) is 14.3 Å². The number of Topliss-reactive ketones (excluding diaryl/α,β-unsaturated/α-hetero) is 1. The lowest BCUT2D eigenvalue weighted by atomic mass is 10.0. The van der Waals surface area contributed by atoms with Crippen molar-refractivity contribution in [3.05, 3.63) is 63.6 Å². The van der Waals surface area contributed by atoms with Crippen LogP contribution in [0.5, 0.6) is 11.5 Å². The van der Waals surface area contributed by atoms with Crippen LogP contribution in [0.4, 0.5) is 4.39 Å². The Kier molecular flexibility index (Phi) is 5.58. The predicted molar refractivity (Wildman–Crippen MR) is 107 cm³/mol. The van der Waals surface area contributed by atoms with Crippen molar-refractivity contribution in [2.75, 3.05) is 32.7 Å². The molecule has 0 radical (unpaired) electrons. The number of halogens is 2. The molecule has 0 aromatic heterocycles. The van der Waals surface area contributed by atoms with Gasteiger partial charge in [-0.3, -0.25) is 9.69 Å². The molecule has 2 aliphatic rings. The fourth-order valence-electron chi connectivity index (χ4n) is 3.85. The molecule has 5 nitrogen and oxygen atoms in total. The number of piperazine rings is 1. The van der Waals surface area contributed by atoms with Gasteiger partial charge in [-0.1, -0.05) is 36.4 Å². The van der Waals surface area contributed by atoms with Crippen LogP contribution in [0.3, 0.4) is 0 Å². The molecule has 1 N–H and O–H groups in total. The highest BCUT2D eigenvalue weighted by Gasteiger charge is 2.32. The first-order valence-corrected chi connectivity index (χ1v) is 10.1. The first kappa shape index (κ1) is 19.9. The van der Waals surface area contributed by atoms with Gasteiger partial charge in [0.25, 0.3) is 0 Å². The summed E-state index contributed by atoms with van der Waals surface area (Å²) >= 11 is 6.07. The van der Waals surface area contributed by atoms with E-state index in [1.165, 1.54) is 35.2 Å². The maximum atomic E-state index is 14.1. The van der Waals surface area contributed by atoms with E-state index in [1.54, 1.807) is 6.07 Å². The summed E-state index contributed by atoms with van der Waals surface area (Å²) in [6.45, 7) is 7.47. The summed E-state index contributed by atoms with van der Waals surface area (Å²) in [5.74, 6) is -0.782. The Hall–Kier alpha value is -2.41. The molecule has 1 fully saturated rings. The number of ketones is 1. The number of benzene rings is 2. The van der Waals surface area contributed by atoms with E-state index in [0.717, 1.165) is 32.7 Å². The van der Waals surface area contributed by atoms with E-state index in [4.69, 9.17) is 16.3 Å². The molecule has 0 atom stereocenters. The summed E-state index contributed by atoms with van der Waals surface area (Å²) in [4.78, 5) is 16.4. The van der Waals surface area contributed by atoms with Crippen LogP contribution >= 0.6 is 11.6 Å². The number of quaternary nitrogens is 1. The van der Waals surface area contributed by atoms with Gasteiger partial charge in [0.2, 0.25) is 5.78 Å². The SMILES string of the molecule is CCN1CC[NH+](Cc2c([O-])ccc3c2O/C(=C\c2c(F)cccc2Cl)C3=O)CC1. The lowest BCUT2D eigenvalue weighted by molar-refractivity contribution is -0.918. The highest BCUT2D eigenvalue weighted by molar-refractivity contribution is 6.32. The summed E-state index contributed by atoms with van der Waals surface area (Å²) in [7, 11) is 0. The van der Waals surface area contributed by atoms with Crippen LogP contribution in [0, 0.1) is 5.82 Å². The van der Waals surface area contributed by atoms with E-state index in [0.29, 0.717) is 23.4 Å². The molecule has 2 aromatic carbocycles. The minimum Gasteiger partial charge on any atom is -0.872 e. The molecule has 2 aromatic rings. The fraction of sp³-hybridized carbons (Fsp3) is 0.318. The Morgan fingerprint density at radius 1 is 1.28 bits per heavy atom. The van der Waals surface area contributed by atoms with Crippen molar-refractivity contribution in [2.45, 2.75) is 13.5 Å². The van der Waals surface area contributed by atoms with Gasteiger partial charge in [0.15, 0.2) is 5.76 Å². The van der Waals surface area contributed by atoms with Crippen LogP contribution in [-0.4, -0.2) is 43.4 Å². The monoisotopic (exact) mass is 416 g/mol. The maximum absolute atomic E-state index is 14.1. The number of ether oxygens (including phenoxy) is 1. The second-order valence-electron chi connectivity index (χ2n) is 7.36. The van der Waals surface area contributed by atoms with Gasteiger partial charge in [-0.2, -0.15) is 0 Å². The molecule has 0 aliphatic carbocycles. The number of hydrogen-bond acceptors (Lipinski definition) is 4. The van der Waals surface area contributed by atoms with Crippen molar-refractivity contribution in [1.82, 2.24) is 4.90 Å². The highest BCUT2D eigenvalue weighted by atomic mass is 35.5. The Bertz CT molecular complexity index is 964. The number of nitrogens with one attached hydrogen (secondary N) is 1. The van der Waals surface area contributed by atoms with Crippen molar-refractivity contribution < 1.29 is 23.9 Å². The molecule has 0 bridgehead atoms. The molecule has 7 heteroatoms. The summed E-state index contributed by atoms with van der Waals surface area (Å²) in [6.07, 6.45) is 1.31. The molecule has 0 unspecified atom stereocenters. The number of nitrogens with zero attached hydrogens (tertiary/aromatic N) is 1. The molecular weight excluding hydrogens is 395 g/mol. The van der Waals surface area contributed by atoms with E-state index in [2.05, 4.69) is 11.8 Å². The topological polar surface area (TPSA) is 57.0 Å². The molecule has 29 heavy (non-hydrogen) atoms. The van der Waals surface area contributed by atoms with Crippen LogP contribution in [0.2, 0.25) is 5.02 Å². The second kappa shape index (κ2) is 8.14. The number of carbonyl (C=O) groups is 1. The molecule has 0 spiro atoms. The number of allylic oxidation sites excluding steroid dienone is 1. The van der Waals surface area contributed by atoms with E-state index >= 15 is 0 Å². The second-order valence-corrected chi connectivity index (χ2v) is 7.76. The van der Waals surface area contributed by atoms with Gasteiger partial charge < -0.3 is 14.7 Å². The lowest BCUT2D eigenvalue weighted by Crippen LogP contribution is -3.13. The Morgan fingerprint density at radius 3 is 2.72 bits per heavy atom. The van der Waals surface area contributed by atoms with Crippen LogP contribution in [0.25, 0.3) is 6.08 Å². The average molecular weight is 417 g/mol. The molecule has 152 valence electrons. The standard InChI is InChI=1S/C22H22ClFN2O3/c1-2-25-8-10-26(11-9-25)13-16-19(27)7-6-14-21(28)20(29-22(14)16)12-15-17(23)4-3-5-18(15)24/h3-7,12,27H,2,8-11,13H2,1H3/b20-12-. The summed E-state index contributed by atoms with van der Waals surface area (Å²) in [6, 6.07) is 7.21. The van der Waals surface area contributed by atoms with Gasteiger partial charge >= 0.3 is 0 Å². The Morgan fingerprint density at radius 2 is 2.03 bits per heavy atom. The smallest absolute Gasteiger partial charge is 0.231 e. The Labute approximate surface area is 173 Å². The molecule has 2 heterocycles. The van der Waals surface area contributed by atoms with Crippen molar-refractivity contribution >= 4 is 23.5 Å². The maximum Gasteiger partial charge on any atom is 0.231 e. The summed E-state index contributed by atoms with van der Waals surface area (Å²) < 4.78 is 19.9. The van der Waals surface area contributed by atoms with Crippen molar-refractivity contribution in [2.24, 2.45) is 0 Å². The predicted octanol–water partition coefficient (Wildman–Crippen LogP) is 1.89. The number of likely N-dealkylation sites (N-methyl/N-ethyl adjacent to an activating group) is 1. The minimum absolute atomic E-state index is 0.0235. The van der Waals surface area contributed by atoms with Gasteiger partial charge in [-0.05, 0) is 30.8 Å². The number of fused-ring (bicyclic) bond motifs is 1. The quantitative estimate of drug-likeness (QED) is 0.773. The van der Waals surface area contributed by atoms with Gasteiger partial charge in [-0.15, -0.1) is 0 Å². The van der Waals surface area contributed by atoms with Crippen molar-refractivity contribution in [3.63, 3.8) is 0 Å². The molecule has 0 saturated carbocycles. The first-order valence-electron chi connectivity index (χ1n) is 9.75. The third-order valence-electron chi connectivity index (χ3n) is 5.61. The number of carbonyl (C=O) groups excluding carboxylic acids is 1. The van der Waals surface area contributed by atoms with E-state index < -0.39 is 5.82 Å². The summed E-state index contributed by atoms with van der Waals surface area (Å²) in [5.41, 5.74) is 0.930. The first-order chi connectivity index (χ1) is 14.0. The van der Waals surface area contributed by atoms with Gasteiger partial charge in [-0.25, -0.2) is 4.39 Å². The average Bonchev–Trinajstić information content (AvgIpc) is 3.03. The molecule has 4 rings (SSSR count). The summed E-state index contributed by atoms with van der Waals surface area (Å²) in [5, 5.41) is 12.7. The molecule has 0 amide bonds. The van der Waals surface area contributed by atoms with Gasteiger partial charge in [0.1, 0.15) is 18.1 Å². The van der Waals surface area contributed by atoms with Crippen molar-refractivity contribution in [3.8, 4) is 11.5 Å². The van der Waals surface area contributed by atoms with Crippen LogP contribution in [-0.2, 0) is 6.54 Å². The zero-order valence-corrected chi connectivity index (χ0v) is 16.9. The molecule has 2 aliphatic heterocycles. The fourth-order valence-corrected chi connectivity index (χ4v) is 4.07. The number of hydrogen-bond donors (Lipinski definition) is 1. The van der Waals surface area contributed by atoms with Crippen molar-refractivity contribution in [1.29, 1.82) is 0 Å². The minimum atomic E-state index is -0.541. The molecule has 1 saturated heterocycles. The van der Waals surface area contributed by atoms with Crippen LogP contribution in [0.15, 0.2) is 36.1 Å². The van der Waals surface area contributed by atoms with E-state index in [1.807, 2.05) is 0 Å².